The lowest BCUT2D eigenvalue weighted by molar-refractivity contribution is -0.265. The molecule has 2 aromatic heterocycles. The fourth-order valence-electron chi connectivity index (χ4n) is 4.41. The summed E-state index contributed by atoms with van der Waals surface area (Å²) < 4.78 is 74.8. The number of nitrogens with one attached hydrogen (secondary N) is 1. The number of methoxy groups -OCH3 is 1. The maximum atomic E-state index is 14.7. The van der Waals surface area contributed by atoms with Gasteiger partial charge in [-0.15, -0.1) is 0 Å². The van der Waals surface area contributed by atoms with Crippen molar-refractivity contribution in [3.05, 3.63) is 65.1 Å². The van der Waals surface area contributed by atoms with Gasteiger partial charge in [0.05, 0.1) is 43.2 Å². The van der Waals surface area contributed by atoms with Gasteiger partial charge in [-0.25, -0.2) is 9.37 Å². The maximum absolute atomic E-state index is 14.7. The van der Waals surface area contributed by atoms with Crippen LogP contribution in [0.4, 0.5) is 17.6 Å². The van der Waals surface area contributed by atoms with Crippen LogP contribution in [0, 0.1) is 5.82 Å². The summed E-state index contributed by atoms with van der Waals surface area (Å²) in [6.07, 6.45) is -6.24. The Morgan fingerprint density at radius 1 is 1.11 bits per heavy atom. The minimum absolute atomic E-state index is 0.0407. The summed E-state index contributed by atoms with van der Waals surface area (Å²) >= 11 is 1.10. The molecule has 0 aliphatic heterocycles. The predicted octanol–water partition coefficient (Wildman–Crippen LogP) is 4.90. The molecule has 0 aliphatic rings. The third-order valence-electron chi connectivity index (χ3n) is 6.46. The molecule has 0 saturated carbocycles. The average molecular weight is 651 g/mol. The number of hydrogen-bond acceptors (Lipinski definition) is 9. The van der Waals surface area contributed by atoms with E-state index in [-0.39, 0.29) is 51.8 Å². The third-order valence-corrected chi connectivity index (χ3v) is 7.42. The second kappa shape index (κ2) is 13.2. The minimum Gasteiger partial charge on any atom is -0.491 e. The van der Waals surface area contributed by atoms with E-state index in [9.17, 15) is 32.3 Å². The van der Waals surface area contributed by atoms with Crippen molar-refractivity contribution in [2.75, 3.05) is 20.3 Å². The van der Waals surface area contributed by atoms with E-state index in [1.54, 1.807) is 20.8 Å². The number of nitrogens with two attached hydrogens (primary N) is 1. The van der Waals surface area contributed by atoms with Gasteiger partial charge in [0, 0.05) is 16.7 Å². The van der Waals surface area contributed by atoms with Crippen LogP contribution < -0.4 is 25.3 Å². The highest BCUT2D eigenvalue weighted by molar-refractivity contribution is 7.20. The zero-order valence-electron chi connectivity index (χ0n) is 24.6. The lowest BCUT2D eigenvalue weighted by Gasteiger charge is -2.31. The summed E-state index contributed by atoms with van der Waals surface area (Å²) in [6.45, 7) is 3.79. The number of ether oxygens (including phenoxy) is 3. The highest BCUT2D eigenvalue weighted by Crippen LogP contribution is 2.42. The number of pyridine rings is 1. The molecule has 240 valence electrons. The van der Waals surface area contributed by atoms with Crippen LogP contribution in [0.1, 0.15) is 42.4 Å². The summed E-state index contributed by atoms with van der Waals surface area (Å²) in [5, 5.41) is 13.7. The molecule has 4 N–H and O–H groups in total. The van der Waals surface area contributed by atoms with Gasteiger partial charge in [-0.2, -0.15) is 18.2 Å². The van der Waals surface area contributed by atoms with Crippen molar-refractivity contribution < 1.29 is 46.5 Å². The molecule has 0 spiro atoms. The van der Waals surface area contributed by atoms with Crippen LogP contribution in [0.2, 0.25) is 0 Å². The topological polar surface area (TPSA) is 146 Å². The number of primary amides is 1. The molecule has 45 heavy (non-hydrogen) atoms. The Kier molecular flexibility index (Phi) is 9.83. The van der Waals surface area contributed by atoms with Gasteiger partial charge < -0.3 is 30.4 Å². The summed E-state index contributed by atoms with van der Waals surface area (Å²) in [4.78, 5) is 33.5. The molecule has 2 aromatic carbocycles. The van der Waals surface area contributed by atoms with Crippen LogP contribution in [-0.4, -0.2) is 59.4 Å². The Balaban J connectivity index is 1.79. The Morgan fingerprint density at radius 2 is 1.80 bits per heavy atom. The lowest BCUT2D eigenvalue weighted by atomic mass is 9.93. The minimum atomic E-state index is -5.37. The van der Waals surface area contributed by atoms with E-state index in [4.69, 9.17) is 19.9 Å². The molecule has 0 fully saturated rings. The number of amides is 2. The molecule has 2 amide bonds. The first-order chi connectivity index (χ1) is 21.2. The monoisotopic (exact) mass is 650 g/mol. The highest BCUT2D eigenvalue weighted by Gasteiger charge is 2.56. The standard InChI is InChI=1S/C30H30F4N4O6S/c1-5-43-26-17(13-23(35)39)12-22(37-24(26)16-6-8-19(31)9-7-16)29(41,30(32,33)34)14-36-27(40)18-10-20(44-15(2)3)25-21(11-18)45-28(38-25)42-4/h6-12,15,41H,5,13-14H2,1-4H3,(H2,35,39)(H,36,40)/t29-/m0/s1. The van der Waals surface area contributed by atoms with Gasteiger partial charge in [0.25, 0.3) is 11.1 Å². The number of benzene rings is 2. The Morgan fingerprint density at radius 3 is 2.38 bits per heavy atom. The lowest BCUT2D eigenvalue weighted by Crippen LogP contribution is -2.51. The predicted molar refractivity (Wildman–Crippen MR) is 158 cm³/mol. The maximum Gasteiger partial charge on any atom is 0.424 e. The number of rotatable bonds is 12. The number of fused-ring (bicyclic) bond motifs is 1. The molecule has 0 bridgehead atoms. The Bertz CT molecular complexity index is 1710. The van der Waals surface area contributed by atoms with Gasteiger partial charge in [-0.3, -0.25) is 9.59 Å². The number of aliphatic hydroxyl groups is 1. The second-order valence-electron chi connectivity index (χ2n) is 10.1. The van der Waals surface area contributed by atoms with Gasteiger partial charge in [-0.05, 0) is 63.2 Å². The van der Waals surface area contributed by atoms with E-state index in [1.807, 2.05) is 0 Å². The summed E-state index contributed by atoms with van der Waals surface area (Å²) in [5.41, 5.74) is 0.881. The second-order valence-corrected chi connectivity index (χ2v) is 11.1. The molecule has 10 nitrogen and oxygen atoms in total. The molecular formula is C30H30F4N4O6S. The smallest absolute Gasteiger partial charge is 0.424 e. The van der Waals surface area contributed by atoms with Crippen molar-refractivity contribution in [1.82, 2.24) is 15.3 Å². The summed E-state index contributed by atoms with van der Waals surface area (Å²) in [7, 11) is 1.41. The van der Waals surface area contributed by atoms with Crippen molar-refractivity contribution >= 4 is 33.4 Å². The van der Waals surface area contributed by atoms with Gasteiger partial charge in [0.1, 0.15) is 28.5 Å². The molecule has 0 unspecified atom stereocenters. The van der Waals surface area contributed by atoms with Gasteiger partial charge >= 0.3 is 6.18 Å². The van der Waals surface area contributed by atoms with E-state index in [2.05, 4.69) is 15.3 Å². The van der Waals surface area contributed by atoms with Crippen LogP contribution in [-0.2, 0) is 16.8 Å². The van der Waals surface area contributed by atoms with E-state index < -0.39 is 48.1 Å². The number of thiazole rings is 1. The third kappa shape index (κ3) is 7.26. The molecule has 15 heteroatoms. The molecule has 0 saturated heterocycles. The number of carbonyl (C=O) groups is 2. The summed E-state index contributed by atoms with van der Waals surface area (Å²) in [5.74, 6) is -2.31. The largest absolute Gasteiger partial charge is 0.491 e. The zero-order valence-corrected chi connectivity index (χ0v) is 25.4. The normalized spacial score (nSPS) is 13.0. The van der Waals surface area contributed by atoms with Crippen LogP contribution in [0.25, 0.3) is 21.5 Å². The quantitative estimate of drug-likeness (QED) is 0.184. The number of aromatic nitrogens is 2. The van der Waals surface area contributed by atoms with Crippen LogP contribution in [0.5, 0.6) is 16.7 Å². The van der Waals surface area contributed by atoms with E-state index >= 15 is 0 Å². The first-order valence-corrected chi connectivity index (χ1v) is 14.4. The number of carbonyl (C=O) groups excluding carboxylic acids is 2. The number of hydrogen-bond donors (Lipinski definition) is 3. The first kappa shape index (κ1) is 33.4. The SMILES string of the molecule is CCOc1c(CC(N)=O)cc([C@@](O)(CNC(=O)c2cc(OC(C)C)c3nc(OC)sc3c2)C(F)(F)F)nc1-c1ccc(F)cc1. The molecular weight excluding hydrogens is 620 g/mol. The van der Waals surface area contributed by atoms with Crippen molar-refractivity contribution in [2.24, 2.45) is 5.73 Å². The Labute approximate surface area is 259 Å². The van der Waals surface area contributed by atoms with E-state index in [1.165, 1.54) is 31.4 Å². The van der Waals surface area contributed by atoms with Crippen LogP contribution in [0.3, 0.4) is 0 Å². The van der Waals surface area contributed by atoms with Crippen molar-refractivity contribution in [3.8, 4) is 28.0 Å². The fourth-order valence-corrected chi connectivity index (χ4v) is 5.25. The van der Waals surface area contributed by atoms with Crippen LogP contribution >= 0.6 is 11.3 Å². The van der Waals surface area contributed by atoms with Gasteiger partial charge in [-0.1, -0.05) is 11.3 Å². The molecule has 4 aromatic rings. The number of alkyl halides is 3. The van der Waals surface area contributed by atoms with Crippen molar-refractivity contribution in [1.29, 1.82) is 0 Å². The average Bonchev–Trinajstić information content (AvgIpc) is 3.40. The molecule has 0 aliphatic carbocycles. The number of halogens is 4. The van der Waals surface area contributed by atoms with Gasteiger partial charge in [0.2, 0.25) is 11.5 Å². The van der Waals surface area contributed by atoms with E-state index in [0.717, 1.165) is 29.5 Å². The fraction of sp³-hybridized carbons (Fsp3) is 0.333. The first-order valence-electron chi connectivity index (χ1n) is 13.6. The highest BCUT2D eigenvalue weighted by atomic mass is 32.1. The van der Waals surface area contributed by atoms with Crippen LogP contribution in [0.15, 0.2) is 42.5 Å². The summed E-state index contributed by atoms with van der Waals surface area (Å²) in [6, 6.07) is 8.24. The molecule has 2 heterocycles. The molecule has 1 atom stereocenters. The number of nitrogens with zero attached hydrogens (tertiary/aromatic N) is 2. The zero-order chi connectivity index (χ0) is 33.1. The van der Waals surface area contributed by atoms with Gasteiger partial charge in [0.15, 0.2) is 0 Å². The molecule has 4 rings (SSSR count). The molecule has 0 radical (unpaired) electrons. The Hall–Kier alpha value is -4.50. The van der Waals surface area contributed by atoms with E-state index in [0.29, 0.717) is 10.2 Å². The van der Waals surface area contributed by atoms with Crippen molar-refractivity contribution in [2.45, 2.75) is 45.1 Å². The van der Waals surface area contributed by atoms with Crippen molar-refractivity contribution in [3.63, 3.8) is 0 Å².